The van der Waals surface area contributed by atoms with Gasteiger partial charge in [-0.2, -0.15) is 0 Å². The molecule has 0 atom stereocenters. The third-order valence-corrected chi connectivity index (χ3v) is 4.46. The number of hydrogen-bond donors (Lipinski definition) is 2. The molecule has 1 saturated heterocycles. The van der Waals surface area contributed by atoms with Crippen LogP contribution in [0.25, 0.3) is 0 Å². The van der Waals surface area contributed by atoms with Gasteiger partial charge in [0.05, 0.1) is 0 Å². The predicted molar refractivity (Wildman–Crippen MR) is 86.5 cm³/mol. The molecule has 22 heavy (non-hydrogen) atoms. The maximum Gasteiger partial charge on any atom is 0.166 e. The molecule has 0 spiro atoms. The van der Waals surface area contributed by atoms with Crippen molar-refractivity contribution in [1.82, 2.24) is 15.5 Å². The molecule has 3 nitrogen and oxygen atoms in total. The first-order chi connectivity index (χ1) is 10.6. The van der Waals surface area contributed by atoms with Crippen LogP contribution < -0.4 is 10.6 Å². The van der Waals surface area contributed by atoms with Gasteiger partial charge in [-0.3, -0.25) is 4.90 Å². The van der Waals surface area contributed by atoms with Crippen LogP contribution in [0.4, 0.5) is 8.78 Å². The predicted octanol–water partition coefficient (Wildman–Crippen LogP) is 2.56. The zero-order valence-corrected chi connectivity index (χ0v) is 13.3. The summed E-state index contributed by atoms with van der Waals surface area (Å²) in [5.74, 6) is -1.56. The summed E-state index contributed by atoms with van der Waals surface area (Å²) < 4.78 is 26.2. The molecule has 1 heterocycles. The van der Waals surface area contributed by atoms with E-state index in [0.717, 1.165) is 36.6 Å². The van der Waals surface area contributed by atoms with E-state index in [2.05, 4.69) is 15.5 Å². The fourth-order valence-corrected chi connectivity index (χ4v) is 3.11. The molecule has 6 heteroatoms. The lowest BCUT2D eigenvalue weighted by molar-refractivity contribution is 0.198. The molecule has 1 aliphatic heterocycles. The summed E-state index contributed by atoms with van der Waals surface area (Å²) in [5.41, 5.74) is 0.816. The number of thiocarbonyl (C=S) groups is 1. The second-order valence-electron chi connectivity index (χ2n) is 6.19. The molecule has 0 aromatic heterocycles. The average molecular weight is 325 g/mol. The molecule has 1 aromatic rings. The summed E-state index contributed by atoms with van der Waals surface area (Å²) in [5, 5.41) is 7.43. The van der Waals surface area contributed by atoms with E-state index in [0.29, 0.717) is 18.6 Å². The van der Waals surface area contributed by atoms with Gasteiger partial charge < -0.3 is 10.6 Å². The minimum atomic E-state index is -0.789. The van der Waals surface area contributed by atoms with Gasteiger partial charge in [0.2, 0.25) is 0 Å². The molecule has 0 unspecified atom stereocenters. The molecule has 2 aliphatic rings. The van der Waals surface area contributed by atoms with Crippen LogP contribution in [0.2, 0.25) is 0 Å². The molecule has 0 amide bonds. The van der Waals surface area contributed by atoms with Gasteiger partial charge >= 0.3 is 0 Å². The molecule has 120 valence electrons. The van der Waals surface area contributed by atoms with E-state index < -0.39 is 11.6 Å². The Morgan fingerprint density at radius 2 is 1.68 bits per heavy atom. The Labute approximate surface area is 135 Å². The van der Waals surface area contributed by atoms with Crippen LogP contribution in [0.5, 0.6) is 0 Å². The van der Waals surface area contributed by atoms with Gasteiger partial charge in [-0.25, -0.2) is 8.78 Å². The van der Waals surface area contributed by atoms with Crippen molar-refractivity contribution in [3.8, 4) is 0 Å². The molecular weight excluding hydrogens is 304 g/mol. The van der Waals surface area contributed by atoms with Crippen LogP contribution in [-0.4, -0.2) is 35.2 Å². The molecule has 0 radical (unpaired) electrons. The molecular formula is C16H21F2N3S. The standard InChI is InChI=1S/C16H21F2N3S/c17-14-4-1-11(9-15(14)18)10-21-7-5-13(6-8-21)20-16(22)19-12-2-3-12/h1,4,9,12-13H,2-3,5-8,10H2,(H2,19,20,22). The van der Waals surface area contributed by atoms with Gasteiger partial charge in [0.25, 0.3) is 0 Å². The fourth-order valence-electron chi connectivity index (χ4n) is 2.77. The van der Waals surface area contributed by atoms with Crippen molar-refractivity contribution in [2.75, 3.05) is 13.1 Å². The van der Waals surface area contributed by atoms with E-state index in [4.69, 9.17) is 12.2 Å². The normalized spacial score (nSPS) is 19.9. The topological polar surface area (TPSA) is 27.3 Å². The highest BCUT2D eigenvalue weighted by Gasteiger charge is 2.24. The van der Waals surface area contributed by atoms with Gasteiger partial charge in [-0.05, 0) is 55.6 Å². The molecule has 1 aromatic carbocycles. The lowest BCUT2D eigenvalue weighted by Gasteiger charge is -2.33. The lowest BCUT2D eigenvalue weighted by Crippen LogP contribution is -2.48. The van der Waals surface area contributed by atoms with Crippen LogP contribution >= 0.6 is 12.2 Å². The van der Waals surface area contributed by atoms with Crippen LogP contribution in [0.3, 0.4) is 0 Å². The zero-order chi connectivity index (χ0) is 15.5. The quantitative estimate of drug-likeness (QED) is 0.832. The Hall–Kier alpha value is -1.27. The monoisotopic (exact) mass is 325 g/mol. The number of hydrogen-bond acceptors (Lipinski definition) is 2. The van der Waals surface area contributed by atoms with Gasteiger partial charge in [0, 0.05) is 31.7 Å². The number of nitrogens with one attached hydrogen (secondary N) is 2. The Morgan fingerprint density at radius 1 is 1.05 bits per heavy atom. The molecule has 1 saturated carbocycles. The highest BCUT2D eigenvalue weighted by molar-refractivity contribution is 7.80. The van der Waals surface area contributed by atoms with E-state index in [9.17, 15) is 8.78 Å². The summed E-state index contributed by atoms with van der Waals surface area (Å²) in [6.07, 6.45) is 4.45. The third kappa shape index (κ3) is 4.36. The second-order valence-corrected chi connectivity index (χ2v) is 6.60. The summed E-state index contributed by atoms with van der Waals surface area (Å²) >= 11 is 5.30. The summed E-state index contributed by atoms with van der Waals surface area (Å²) in [6.45, 7) is 2.53. The molecule has 3 rings (SSSR count). The second kappa shape index (κ2) is 6.87. The van der Waals surface area contributed by atoms with Crippen molar-refractivity contribution in [3.05, 3.63) is 35.4 Å². The largest absolute Gasteiger partial charge is 0.360 e. The van der Waals surface area contributed by atoms with Crippen LogP contribution in [-0.2, 0) is 6.54 Å². The number of halogens is 2. The molecule has 2 N–H and O–H groups in total. The highest BCUT2D eigenvalue weighted by atomic mass is 32.1. The first-order valence-corrected chi connectivity index (χ1v) is 8.24. The zero-order valence-electron chi connectivity index (χ0n) is 12.4. The number of likely N-dealkylation sites (tertiary alicyclic amines) is 1. The summed E-state index contributed by atoms with van der Waals surface area (Å²) in [6, 6.07) is 5.11. The average Bonchev–Trinajstić information content (AvgIpc) is 3.29. The van der Waals surface area contributed by atoms with Crippen LogP contribution in [0.1, 0.15) is 31.2 Å². The van der Waals surface area contributed by atoms with Crippen molar-refractivity contribution >= 4 is 17.3 Å². The van der Waals surface area contributed by atoms with E-state index in [1.165, 1.54) is 25.0 Å². The molecule has 0 bridgehead atoms. The van der Waals surface area contributed by atoms with Crippen molar-refractivity contribution in [2.24, 2.45) is 0 Å². The number of benzene rings is 1. The van der Waals surface area contributed by atoms with E-state index in [1.807, 2.05) is 0 Å². The van der Waals surface area contributed by atoms with Gasteiger partial charge in [-0.1, -0.05) is 6.07 Å². The first kappa shape index (κ1) is 15.6. The summed E-state index contributed by atoms with van der Waals surface area (Å²) in [4.78, 5) is 2.27. The Bertz CT molecular complexity index is 540. The van der Waals surface area contributed by atoms with Crippen LogP contribution in [0.15, 0.2) is 18.2 Å². The maximum atomic E-state index is 13.2. The van der Waals surface area contributed by atoms with Gasteiger partial charge in [0.1, 0.15) is 0 Å². The van der Waals surface area contributed by atoms with E-state index >= 15 is 0 Å². The minimum absolute atomic E-state index is 0.403. The Morgan fingerprint density at radius 3 is 2.27 bits per heavy atom. The number of rotatable bonds is 4. The molecule has 1 aliphatic carbocycles. The smallest absolute Gasteiger partial charge is 0.166 e. The van der Waals surface area contributed by atoms with Crippen molar-refractivity contribution in [1.29, 1.82) is 0 Å². The third-order valence-electron chi connectivity index (χ3n) is 4.23. The Balaban J connectivity index is 1.42. The lowest BCUT2D eigenvalue weighted by atomic mass is 10.0. The van der Waals surface area contributed by atoms with Gasteiger partial charge in [0.15, 0.2) is 16.7 Å². The minimum Gasteiger partial charge on any atom is -0.360 e. The van der Waals surface area contributed by atoms with Gasteiger partial charge in [-0.15, -0.1) is 0 Å². The number of nitrogens with zero attached hydrogens (tertiary/aromatic N) is 1. The summed E-state index contributed by atoms with van der Waals surface area (Å²) in [7, 11) is 0. The van der Waals surface area contributed by atoms with E-state index in [-0.39, 0.29) is 0 Å². The molecule has 2 fully saturated rings. The fraction of sp³-hybridized carbons (Fsp3) is 0.562. The first-order valence-electron chi connectivity index (χ1n) is 7.83. The Kier molecular flexibility index (Phi) is 4.88. The van der Waals surface area contributed by atoms with E-state index in [1.54, 1.807) is 6.07 Å². The van der Waals surface area contributed by atoms with Crippen molar-refractivity contribution in [2.45, 2.75) is 44.3 Å². The number of piperidine rings is 1. The maximum absolute atomic E-state index is 13.2. The SMILES string of the molecule is Fc1ccc(CN2CCC(NC(=S)NC3CC3)CC2)cc1F. The van der Waals surface area contributed by atoms with Crippen molar-refractivity contribution < 1.29 is 8.78 Å². The highest BCUT2D eigenvalue weighted by Crippen LogP contribution is 2.19. The van der Waals surface area contributed by atoms with Crippen molar-refractivity contribution in [3.63, 3.8) is 0 Å². The van der Waals surface area contributed by atoms with Crippen LogP contribution in [0, 0.1) is 11.6 Å².